The average molecular weight is 165 g/mol. The lowest BCUT2D eigenvalue weighted by atomic mass is 9.82. The summed E-state index contributed by atoms with van der Waals surface area (Å²) in [6.45, 7) is 1.52. The quantitative estimate of drug-likeness (QED) is 0.455. The SMILES string of the molecule is [2H]C(=O)[C@H]1[C@@H](C(C)=O)[C@H]2C=C[C@@H]1C2. The molecule has 2 aliphatic carbocycles. The summed E-state index contributed by atoms with van der Waals surface area (Å²) in [5.74, 6) is -0.124. The van der Waals surface area contributed by atoms with E-state index in [1.807, 2.05) is 12.2 Å². The Kier molecular flexibility index (Phi) is 1.39. The van der Waals surface area contributed by atoms with Crippen molar-refractivity contribution in [3.8, 4) is 0 Å². The van der Waals surface area contributed by atoms with Crippen LogP contribution in [0, 0.1) is 23.7 Å². The van der Waals surface area contributed by atoms with Crippen LogP contribution in [0.5, 0.6) is 0 Å². The molecule has 0 aromatic heterocycles. The molecule has 2 aliphatic rings. The summed E-state index contributed by atoms with van der Waals surface area (Å²) >= 11 is 0. The van der Waals surface area contributed by atoms with Gasteiger partial charge in [0.15, 0.2) is 0 Å². The van der Waals surface area contributed by atoms with E-state index in [4.69, 9.17) is 1.37 Å². The number of carbonyl (C=O) groups is 2. The molecule has 4 atom stereocenters. The average Bonchev–Trinajstić information content (AvgIpc) is 2.60. The number of ketones is 1. The van der Waals surface area contributed by atoms with Gasteiger partial charge in [0.25, 0.3) is 0 Å². The normalized spacial score (nSPS) is 44.6. The highest BCUT2D eigenvalue weighted by Crippen LogP contribution is 2.47. The third-order valence-corrected chi connectivity index (χ3v) is 3.06. The lowest BCUT2D eigenvalue weighted by Gasteiger charge is -2.20. The number of allylic oxidation sites excluding steroid dienone is 2. The van der Waals surface area contributed by atoms with Crippen molar-refractivity contribution in [1.29, 1.82) is 0 Å². The summed E-state index contributed by atoms with van der Waals surface area (Å²) in [5, 5.41) is 0. The first-order chi connectivity index (χ1) is 6.11. The monoisotopic (exact) mass is 165 g/mol. The van der Waals surface area contributed by atoms with Crippen LogP contribution in [0.2, 0.25) is 0 Å². The molecule has 0 aliphatic heterocycles. The van der Waals surface area contributed by atoms with Crippen molar-refractivity contribution < 1.29 is 11.0 Å². The van der Waals surface area contributed by atoms with Crippen LogP contribution < -0.4 is 0 Å². The van der Waals surface area contributed by atoms with E-state index in [0.717, 1.165) is 6.42 Å². The largest absolute Gasteiger partial charge is 0.303 e. The van der Waals surface area contributed by atoms with E-state index in [1.54, 1.807) is 0 Å². The molecule has 0 spiro atoms. The number of Topliss-reactive ketones (excluding diaryl/α,β-unsaturated/α-hetero) is 1. The van der Waals surface area contributed by atoms with E-state index in [-0.39, 0.29) is 29.5 Å². The molecule has 0 heterocycles. The van der Waals surface area contributed by atoms with E-state index in [9.17, 15) is 9.59 Å². The molecule has 0 N–H and O–H groups in total. The third-order valence-electron chi connectivity index (χ3n) is 3.06. The predicted molar refractivity (Wildman–Crippen MR) is 44.5 cm³/mol. The zero-order chi connectivity index (χ0) is 9.59. The number of rotatable bonds is 2. The fourth-order valence-electron chi connectivity index (χ4n) is 2.54. The van der Waals surface area contributed by atoms with Gasteiger partial charge in [0.05, 0.1) is 0 Å². The van der Waals surface area contributed by atoms with Crippen molar-refractivity contribution in [3.63, 3.8) is 0 Å². The smallest absolute Gasteiger partial charge is 0.134 e. The molecule has 0 aromatic rings. The number of fused-ring (bicyclic) bond motifs is 2. The second-order valence-electron chi connectivity index (χ2n) is 3.73. The van der Waals surface area contributed by atoms with Crippen molar-refractivity contribution in [2.75, 3.05) is 0 Å². The molecule has 0 amide bonds. The highest BCUT2D eigenvalue weighted by Gasteiger charge is 2.46. The topological polar surface area (TPSA) is 34.1 Å². The Labute approximate surface area is 73.1 Å². The van der Waals surface area contributed by atoms with Gasteiger partial charge in [0.2, 0.25) is 0 Å². The fraction of sp³-hybridized carbons (Fsp3) is 0.600. The van der Waals surface area contributed by atoms with Crippen LogP contribution in [-0.4, -0.2) is 12.0 Å². The maximum absolute atomic E-state index is 11.3. The maximum atomic E-state index is 11.3. The number of hydrogen-bond donors (Lipinski definition) is 0. The molecule has 12 heavy (non-hydrogen) atoms. The van der Waals surface area contributed by atoms with Gasteiger partial charge in [-0.15, -0.1) is 0 Å². The van der Waals surface area contributed by atoms with Crippen molar-refractivity contribution in [3.05, 3.63) is 12.2 Å². The minimum atomic E-state index is -0.572. The summed E-state index contributed by atoms with van der Waals surface area (Å²) in [5.41, 5.74) is 0. The summed E-state index contributed by atoms with van der Waals surface area (Å²) in [6.07, 6.45) is 4.33. The molecule has 0 unspecified atom stereocenters. The lowest BCUT2D eigenvalue weighted by Crippen LogP contribution is -2.26. The Hall–Kier alpha value is -0.920. The van der Waals surface area contributed by atoms with E-state index in [1.165, 1.54) is 6.92 Å². The number of aldehydes is 1. The zero-order valence-corrected chi connectivity index (χ0v) is 6.99. The molecule has 2 bridgehead atoms. The highest BCUT2D eigenvalue weighted by atomic mass is 16.1. The Morgan fingerprint density at radius 3 is 2.75 bits per heavy atom. The molecule has 2 heteroatoms. The standard InChI is InChI=1S/C10H12O2/c1-6(12)10-8-3-2-7(4-8)9(10)5-11/h2-3,5,7-10H,4H2,1H3/t7-,8+,9-,10+/m1/s1/i5D. The summed E-state index contributed by atoms with van der Waals surface area (Å²) in [7, 11) is 0. The lowest BCUT2D eigenvalue weighted by molar-refractivity contribution is -0.126. The molecular weight excluding hydrogens is 152 g/mol. The second kappa shape index (κ2) is 2.54. The third kappa shape index (κ3) is 0.872. The van der Waals surface area contributed by atoms with Crippen LogP contribution in [0.15, 0.2) is 12.2 Å². The maximum Gasteiger partial charge on any atom is 0.134 e. The predicted octanol–water partition coefficient (Wildman–Crippen LogP) is 1.21. The molecular formula is C10H12O2. The van der Waals surface area contributed by atoms with E-state index in [2.05, 4.69) is 0 Å². The Morgan fingerprint density at radius 2 is 2.25 bits per heavy atom. The van der Waals surface area contributed by atoms with Crippen LogP contribution in [-0.2, 0) is 9.59 Å². The molecule has 2 rings (SSSR count). The van der Waals surface area contributed by atoms with Gasteiger partial charge in [-0.3, -0.25) is 4.79 Å². The first-order valence-electron chi connectivity index (χ1n) is 4.80. The van der Waals surface area contributed by atoms with Crippen molar-refractivity contribution in [2.45, 2.75) is 13.3 Å². The summed E-state index contributed by atoms with van der Waals surface area (Å²) in [4.78, 5) is 22.3. The van der Waals surface area contributed by atoms with Crippen molar-refractivity contribution in [2.24, 2.45) is 23.7 Å². The minimum Gasteiger partial charge on any atom is -0.303 e. The van der Waals surface area contributed by atoms with Gasteiger partial charge in [-0.05, 0) is 25.2 Å². The van der Waals surface area contributed by atoms with Gasteiger partial charge >= 0.3 is 0 Å². The van der Waals surface area contributed by atoms with Gasteiger partial charge in [0.1, 0.15) is 13.4 Å². The van der Waals surface area contributed by atoms with Crippen LogP contribution in [0.4, 0.5) is 0 Å². The molecule has 1 fully saturated rings. The first-order valence-corrected chi connectivity index (χ1v) is 4.30. The summed E-state index contributed by atoms with van der Waals surface area (Å²) < 4.78 is 7.13. The Balaban J connectivity index is 2.30. The Morgan fingerprint density at radius 1 is 1.58 bits per heavy atom. The van der Waals surface area contributed by atoms with Crippen LogP contribution >= 0.6 is 0 Å². The fourth-order valence-corrected chi connectivity index (χ4v) is 2.54. The first kappa shape index (κ1) is 6.58. The highest BCUT2D eigenvalue weighted by molar-refractivity contribution is 5.83. The zero-order valence-electron chi connectivity index (χ0n) is 7.99. The molecule has 64 valence electrons. The van der Waals surface area contributed by atoms with Crippen molar-refractivity contribution >= 4 is 12.0 Å². The van der Waals surface area contributed by atoms with Gasteiger partial charge in [-0.1, -0.05) is 12.2 Å². The van der Waals surface area contributed by atoms with Crippen molar-refractivity contribution in [1.82, 2.24) is 0 Å². The van der Waals surface area contributed by atoms with Crippen LogP contribution in [0.25, 0.3) is 0 Å². The molecule has 2 nitrogen and oxygen atoms in total. The van der Waals surface area contributed by atoms with Crippen LogP contribution in [0.1, 0.15) is 14.7 Å². The van der Waals surface area contributed by atoms with E-state index >= 15 is 0 Å². The summed E-state index contributed by atoms with van der Waals surface area (Å²) in [6, 6.07) is 0. The van der Waals surface area contributed by atoms with Gasteiger partial charge in [-0.25, -0.2) is 0 Å². The van der Waals surface area contributed by atoms with Gasteiger partial charge in [-0.2, -0.15) is 0 Å². The second-order valence-corrected chi connectivity index (χ2v) is 3.73. The van der Waals surface area contributed by atoms with Gasteiger partial charge in [0, 0.05) is 11.8 Å². The molecule has 0 saturated heterocycles. The minimum absolute atomic E-state index is 0.0578. The molecule has 0 aromatic carbocycles. The van der Waals surface area contributed by atoms with E-state index in [0.29, 0.717) is 0 Å². The molecule has 0 radical (unpaired) electrons. The Bertz CT molecular complexity index is 267. The van der Waals surface area contributed by atoms with E-state index < -0.39 is 6.26 Å². The number of hydrogen-bond acceptors (Lipinski definition) is 2. The number of carbonyl (C=O) groups excluding carboxylic acids is 2. The van der Waals surface area contributed by atoms with Gasteiger partial charge < -0.3 is 4.79 Å². The van der Waals surface area contributed by atoms with Crippen LogP contribution in [0.3, 0.4) is 0 Å². The molecule has 1 saturated carbocycles.